The Morgan fingerprint density at radius 3 is 2.35 bits per heavy atom. The smallest absolute Gasteiger partial charge is 0.221 e. The summed E-state index contributed by atoms with van der Waals surface area (Å²) in [4.78, 5) is 16.0. The minimum Gasteiger partial charge on any atom is -0.357 e. The number of carbonyl (C=O) groups excluding carboxylic acids is 1. The average Bonchev–Trinajstić information content (AvgIpc) is 2.42. The molecule has 0 aliphatic heterocycles. The molecule has 0 aliphatic rings. The highest BCUT2D eigenvalue weighted by molar-refractivity contribution is 14.0. The molecule has 1 atom stereocenters. The number of guanidine groups is 1. The Labute approximate surface area is 159 Å². The van der Waals surface area contributed by atoms with E-state index in [9.17, 15) is 4.79 Å². The molecule has 1 amide bonds. The van der Waals surface area contributed by atoms with Crippen LogP contribution in [-0.2, 0) is 4.79 Å². The lowest BCUT2D eigenvalue weighted by Crippen LogP contribution is -2.42. The number of carbonyl (C=O) groups is 1. The molecular weight excluding hydrogens is 403 g/mol. The van der Waals surface area contributed by atoms with Gasteiger partial charge in [0, 0.05) is 25.6 Å². The van der Waals surface area contributed by atoms with Crippen molar-refractivity contribution in [1.82, 2.24) is 16.0 Å². The maximum Gasteiger partial charge on any atom is 0.221 e. The summed E-state index contributed by atoms with van der Waals surface area (Å²) in [5.41, 5.74) is 0.350. The topological polar surface area (TPSA) is 65.5 Å². The molecule has 0 rings (SSSR count). The Balaban J connectivity index is 0. The zero-order chi connectivity index (χ0) is 17.0. The molecule has 6 heteroatoms. The Morgan fingerprint density at radius 2 is 1.83 bits per heavy atom. The van der Waals surface area contributed by atoms with E-state index in [1.165, 1.54) is 6.42 Å². The second-order valence-corrected chi connectivity index (χ2v) is 7.01. The molecule has 0 saturated carbocycles. The van der Waals surface area contributed by atoms with E-state index in [4.69, 9.17) is 0 Å². The second kappa shape index (κ2) is 13.9. The standard InChI is InChI=1S/C17H36N4O.HI/c1-7-12-19-15(22)10-13-20-16(18-8-2)21-14(3)9-11-17(4,5)6;/h14H,7-13H2,1-6H3,(H,19,22)(H2,18,20,21);1H. The first-order valence-corrected chi connectivity index (χ1v) is 8.60. The van der Waals surface area contributed by atoms with Gasteiger partial charge in [-0.2, -0.15) is 0 Å². The van der Waals surface area contributed by atoms with E-state index < -0.39 is 0 Å². The van der Waals surface area contributed by atoms with Gasteiger partial charge >= 0.3 is 0 Å². The van der Waals surface area contributed by atoms with Crippen LogP contribution in [0.15, 0.2) is 4.99 Å². The van der Waals surface area contributed by atoms with Crippen molar-refractivity contribution in [3.8, 4) is 0 Å². The van der Waals surface area contributed by atoms with Gasteiger partial charge in [-0.05, 0) is 38.5 Å². The fraction of sp³-hybridized carbons (Fsp3) is 0.882. The number of nitrogens with one attached hydrogen (secondary N) is 3. The van der Waals surface area contributed by atoms with Crippen molar-refractivity contribution < 1.29 is 4.79 Å². The Morgan fingerprint density at radius 1 is 1.17 bits per heavy atom. The maximum absolute atomic E-state index is 11.6. The summed E-state index contributed by atoms with van der Waals surface area (Å²) in [6.07, 6.45) is 3.67. The summed E-state index contributed by atoms with van der Waals surface area (Å²) in [5, 5.41) is 9.52. The molecular formula is C17H37IN4O. The molecule has 0 aromatic carbocycles. The number of hydrogen-bond donors (Lipinski definition) is 3. The van der Waals surface area contributed by atoms with Gasteiger partial charge in [0.1, 0.15) is 0 Å². The van der Waals surface area contributed by atoms with Gasteiger partial charge in [0.2, 0.25) is 5.91 Å². The predicted molar refractivity (Wildman–Crippen MR) is 111 cm³/mol. The van der Waals surface area contributed by atoms with Gasteiger partial charge in [0.25, 0.3) is 0 Å². The molecule has 0 aromatic heterocycles. The first-order chi connectivity index (χ1) is 10.3. The third-order valence-electron chi connectivity index (χ3n) is 3.24. The van der Waals surface area contributed by atoms with Gasteiger partial charge in [0.05, 0.1) is 6.54 Å². The summed E-state index contributed by atoms with van der Waals surface area (Å²) in [6.45, 7) is 15.1. The van der Waals surface area contributed by atoms with Crippen LogP contribution in [-0.4, -0.2) is 37.5 Å². The van der Waals surface area contributed by atoms with Crippen LogP contribution < -0.4 is 16.0 Å². The maximum atomic E-state index is 11.6. The van der Waals surface area contributed by atoms with E-state index in [1.54, 1.807) is 0 Å². The van der Waals surface area contributed by atoms with Crippen molar-refractivity contribution in [2.75, 3.05) is 19.6 Å². The van der Waals surface area contributed by atoms with E-state index in [0.29, 0.717) is 24.4 Å². The molecule has 0 aromatic rings. The highest BCUT2D eigenvalue weighted by Gasteiger charge is 2.13. The summed E-state index contributed by atoms with van der Waals surface area (Å²) < 4.78 is 0. The largest absolute Gasteiger partial charge is 0.357 e. The van der Waals surface area contributed by atoms with Crippen molar-refractivity contribution in [2.24, 2.45) is 10.4 Å². The van der Waals surface area contributed by atoms with E-state index >= 15 is 0 Å². The molecule has 0 spiro atoms. The first kappa shape index (κ1) is 24.7. The highest BCUT2D eigenvalue weighted by atomic mass is 127. The third-order valence-corrected chi connectivity index (χ3v) is 3.24. The van der Waals surface area contributed by atoms with Crippen molar-refractivity contribution in [3.05, 3.63) is 0 Å². The van der Waals surface area contributed by atoms with Crippen LogP contribution in [0.3, 0.4) is 0 Å². The van der Waals surface area contributed by atoms with E-state index in [1.807, 2.05) is 13.8 Å². The van der Waals surface area contributed by atoms with Crippen LogP contribution in [0.4, 0.5) is 0 Å². The molecule has 23 heavy (non-hydrogen) atoms. The van der Waals surface area contributed by atoms with Crippen LogP contribution in [0.25, 0.3) is 0 Å². The Bertz CT molecular complexity index is 340. The third kappa shape index (κ3) is 16.1. The number of nitrogens with zero attached hydrogens (tertiary/aromatic N) is 1. The van der Waals surface area contributed by atoms with Crippen molar-refractivity contribution in [2.45, 2.75) is 73.3 Å². The number of halogens is 1. The summed E-state index contributed by atoms with van der Waals surface area (Å²) >= 11 is 0. The molecule has 0 heterocycles. The van der Waals surface area contributed by atoms with Gasteiger partial charge in [-0.3, -0.25) is 9.79 Å². The van der Waals surface area contributed by atoms with Crippen LogP contribution >= 0.6 is 24.0 Å². The number of amides is 1. The fourth-order valence-corrected chi connectivity index (χ4v) is 1.90. The van der Waals surface area contributed by atoms with Gasteiger partial charge in [0.15, 0.2) is 5.96 Å². The SMILES string of the molecule is CCCNC(=O)CCN=C(NCC)NC(C)CCC(C)(C)C.I. The molecule has 0 aliphatic carbocycles. The number of aliphatic imine (C=N–C) groups is 1. The quantitative estimate of drug-likeness (QED) is 0.293. The lowest BCUT2D eigenvalue weighted by atomic mass is 9.89. The molecule has 0 fully saturated rings. The summed E-state index contributed by atoms with van der Waals surface area (Å²) in [7, 11) is 0. The van der Waals surface area contributed by atoms with Crippen LogP contribution in [0.5, 0.6) is 0 Å². The zero-order valence-electron chi connectivity index (χ0n) is 15.8. The predicted octanol–water partition coefficient (Wildman–Crippen LogP) is 3.29. The van der Waals surface area contributed by atoms with Crippen molar-refractivity contribution in [1.29, 1.82) is 0 Å². The molecule has 0 bridgehead atoms. The monoisotopic (exact) mass is 440 g/mol. The highest BCUT2D eigenvalue weighted by Crippen LogP contribution is 2.21. The molecule has 0 saturated heterocycles. The number of rotatable bonds is 9. The minimum absolute atomic E-state index is 0. The minimum atomic E-state index is 0. The second-order valence-electron chi connectivity index (χ2n) is 7.01. The Kier molecular flexibility index (Phi) is 14.9. The lowest BCUT2D eigenvalue weighted by molar-refractivity contribution is -0.120. The van der Waals surface area contributed by atoms with E-state index in [-0.39, 0.29) is 29.9 Å². The fourth-order valence-electron chi connectivity index (χ4n) is 1.90. The molecule has 5 nitrogen and oxygen atoms in total. The van der Waals surface area contributed by atoms with Gasteiger partial charge in [-0.25, -0.2) is 0 Å². The first-order valence-electron chi connectivity index (χ1n) is 8.60. The van der Waals surface area contributed by atoms with Gasteiger partial charge in [-0.15, -0.1) is 24.0 Å². The van der Waals surface area contributed by atoms with E-state index in [0.717, 1.165) is 31.9 Å². The Hall–Kier alpha value is -0.530. The lowest BCUT2D eigenvalue weighted by Gasteiger charge is -2.23. The van der Waals surface area contributed by atoms with Crippen LogP contribution in [0, 0.1) is 5.41 Å². The van der Waals surface area contributed by atoms with Crippen molar-refractivity contribution in [3.63, 3.8) is 0 Å². The number of hydrogen-bond acceptors (Lipinski definition) is 2. The zero-order valence-corrected chi connectivity index (χ0v) is 18.1. The molecule has 1 unspecified atom stereocenters. The van der Waals surface area contributed by atoms with Crippen LogP contribution in [0.2, 0.25) is 0 Å². The van der Waals surface area contributed by atoms with E-state index in [2.05, 4.69) is 48.6 Å². The molecule has 3 N–H and O–H groups in total. The van der Waals surface area contributed by atoms with Gasteiger partial charge in [-0.1, -0.05) is 27.7 Å². The van der Waals surface area contributed by atoms with Crippen LogP contribution in [0.1, 0.15) is 67.2 Å². The van der Waals surface area contributed by atoms with Gasteiger partial charge < -0.3 is 16.0 Å². The van der Waals surface area contributed by atoms with Crippen molar-refractivity contribution >= 4 is 35.8 Å². The summed E-state index contributed by atoms with van der Waals surface area (Å²) in [6, 6.07) is 0.367. The normalized spacial score (nSPS) is 13.0. The molecule has 0 radical (unpaired) electrons. The average molecular weight is 440 g/mol. The summed E-state index contributed by atoms with van der Waals surface area (Å²) in [5.74, 6) is 0.870. The molecule has 138 valence electrons.